The van der Waals surface area contributed by atoms with Gasteiger partial charge in [-0.3, -0.25) is 14.2 Å². The lowest BCUT2D eigenvalue weighted by Gasteiger charge is -2.27. The SMILES string of the molecule is CC(C)C(C)(C#N)NC(=O)CSc1nc2cc(Cl)ccc2c(=O)n1CC1CCCO1. The van der Waals surface area contributed by atoms with E-state index in [0.717, 1.165) is 12.8 Å². The molecule has 9 heteroatoms. The molecule has 3 rings (SSSR count). The zero-order chi connectivity index (χ0) is 21.9. The van der Waals surface area contributed by atoms with E-state index in [1.54, 1.807) is 29.7 Å². The molecule has 0 spiro atoms. The van der Waals surface area contributed by atoms with Crippen molar-refractivity contribution in [1.29, 1.82) is 5.26 Å². The van der Waals surface area contributed by atoms with E-state index in [2.05, 4.69) is 16.4 Å². The van der Waals surface area contributed by atoms with E-state index in [1.165, 1.54) is 11.8 Å². The zero-order valence-corrected chi connectivity index (χ0v) is 18.8. The van der Waals surface area contributed by atoms with Crippen LogP contribution in [0, 0.1) is 17.2 Å². The van der Waals surface area contributed by atoms with Gasteiger partial charge < -0.3 is 10.1 Å². The van der Waals surface area contributed by atoms with Gasteiger partial charge in [-0.2, -0.15) is 5.26 Å². The van der Waals surface area contributed by atoms with E-state index in [4.69, 9.17) is 16.3 Å². The van der Waals surface area contributed by atoms with Crippen molar-refractivity contribution in [2.75, 3.05) is 12.4 Å². The van der Waals surface area contributed by atoms with Crippen molar-refractivity contribution in [2.45, 2.75) is 57.0 Å². The number of hydrogen-bond donors (Lipinski definition) is 1. The summed E-state index contributed by atoms with van der Waals surface area (Å²) in [5, 5.41) is 13.6. The van der Waals surface area contributed by atoms with E-state index in [1.807, 2.05) is 13.8 Å². The van der Waals surface area contributed by atoms with Crippen LogP contribution >= 0.6 is 23.4 Å². The van der Waals surface area contributed by atoms with Gasteiger partial charge in [0.25, 0.3) is 5.56 Å². The summed E-state index contributed by atoms with van der Waals surface area (Å²) in [6.45, 7) is 6.53. The number of thioether (sulfide) groups is 1. The van der Waals surface area contributed by atoms with Crippen LogP contribution in [0.4, 0.5) is 0 Å². The molecule has 1 aliphatic heterocycles. The lowest BCUT2D eigenvalue weighted by atomic mass is 9.90. The lowest BCUT2D eigenvalue weighted by Crippen LogP contribution is -2.49. The summed E-state index contributed by atoms with van der Waals surface area (Å²) in [4.78, 5) is 30.2. The van der Waals surface area contributed by atoms with E-state index < -0.39 is 5.54 Å². The predicted molar refractivity (Wildman–Crippen MR) is 118 cm³/mol. The molecule has 2 unspecified atom stereocenters. The molecule has 1 aromatic heterocycles. The van der Waals surface area contributed by atoms with Crippen molar-refractivity contribution in [3.8, 4) is 6.07 Å². The van der Waals surface area contributed by atoms with Crippen LogP contribution in [0.1, 0.15) is 33.6 Å². The van der Waals surface area contributed by atoms with Crippen LogP contribution < -0.4 is 10.9 Å². The third-order valence-corrected chi connectivity index (χ3v) is 6.62. The van der Waals surface area contributed by atoms with Gasteiger partial charge in [0.15, 0.2) is 5.16 Å². The first-order valence-corrected chi connectivity index (χ1v) is 11.3. The molecule has 1 amide bonds. The first-order chi connectivity index (χ1) is 14.2. The minimum absolute atomic E-state index is 0.0357. The number of carbonyl (C=O) groups excluding carboxylic acids is 1. The fraction of sp³-hybridized carbons (Fsp3) is 0.524. The molecule has 1 aliphatic rings. The van der Waals surface area contributed by atoms with Crippen molar-refractivity contribution in [3.63, 3.8) is 0 Å². The van der Waals surface area contributed by atoms with Crippen LogP contribution in [0.5, 0.6) is 0 Å². The van der Waals surface area contributed by atoms with Gasteiger partial charge in [-0.25, -0.2) is 4.98 Å². The van der Waals surface area contributed by atoms with Gasteiger partial charge in [-0.1, -0.05) is 37.2 Å². The maximum Gasteiger partial charge on any atom is 0.262 e. The summed E-state index contributed by atoms with van der Waals surface area (Å²) in [5.74, 6) is -0.300. The van der Waals surface area contributed by atoms with Gasteiger partial charge in [0.2, 0.25) is 5.91 Å². The Balaban J connectivity index is 1.88. The van der Waals surface area contributed by atoms with Crippen molar-refractivity contribution in [3.05, 3.63) is 33.6 Å². The average Bonchev–Trinajstić information content (AvgIpc) is 3.21. The molecular formula is C21H25ClN4O3S. The minimum Gasteiger partial charge on any atom is -0.376 e. The Kier molecular flexibility index (Phi) is 7.06. The Morgan fingerprint density at radius 3 is 2.93 bits per heavy atom. The molecule has 30 heavy (non-hydrogen) atoms. The second-order valence-electron chi connectivity index (χ2n) is 7.91. The average molecular weight is 449 g/mol. The van der Waals surface area contributed by atoms with E-state index >= 15 is 0 Å². The number of nitrogens with one attached hydrogen (secondary N) is 1. The number of benzene rings is 1. The maximum atomic E-state index is 13.1. The number of aromatic nitrogens is 2. The van der Waals surface area contributed by atoms with Crippen LogP contribution in [0.2, 0.25) is 5.02 Å². The number of rotatable bonds is 7. The van der Waals surface area contributed by atoms with Crippen LogP contribution in [-0.2, 0) is 16.1 Å². The highest BCUT2D eigenvalue weighted by atomic mass is 35.5. The molecule has 0 saturated carbocycles. The third-order valence-electron chi connectivity index (χ3n) is 5.41. The highest BCUT2D eigenvalue weighted by molar-refractivity contribution is 7.99. The fourth-order valence-corrected chi connectivity index (χ4v) is 4.17. The predicted octanol–water partition coefficient (Wildman–Crippen LogP) is 3.38. The number of carbonyl (C=O) groups is 1. The minimum atomic E-state index is -0.959. The van der Waals surface area contributed by atoms with Gasteiger partial charge in [0.05, 0.1) is 35.4 Å². The molecule has 0 aliphatic carbocycles. The van der Waals surface area contributed by atoms with E-state index in [0.29, 0.717) is 34.2 Å². The Morgan fingerprint density at radius 1 is 1.53 bits per heavy atom. The fourth-order valence-electron chi connectivity index (χ4n) is 3.19. The molecule has 1 saturated heterocycles. The second-order valence-corrected chi connectivity index (χ2v) is 9.29. The Hall–Kier alpha value is -2.08. The lowest BCUT2D eigenvalue weighted by molar-refractivity contribution is -0.120. The Bertz CT molecular complexity index is 1040. The van der Waals surface area contributed by atoms with Crippen LogP contribution in [0.25, 0.3) is 10.9 Å². The Morgan fingerprint density at radius 2 is 2.30 bits per heavy atom. The smallest absolute Gasteiger partial charge is 0.262 e. The van der Waals surface area contributed by atoms with Gasteiger partial charge in [-0.15, -0.1) is 0 Å². The second kappa shape index (κ2) is 9.38. The summed E-state index contributed by atoms with van der Waals surface area (Å²) in [7, 11) is 0. The van der Waals surface area contributed by atoms with Gasteiger partial charge >= 0.3 is 0 Å². The monoisotopic (exact) mass is 448 g/mol. The molecular weight excluding hydrogens is 424 g/mol. The molecule has 2 aromatic rings. The maximum absolute atomic E-state index is 13.1. The van der Waals surface area contributed by atoms with Crippen molar-refractivity contribution >= 4 is 40.2 Å². The topological polar surface area (TPSA) is 97.0 Å². The van der Waals surface area contributed by atoms with E-state index in [-0.39, 0.29) is 29.2 Å². The number of nitrogens with zero attached hydrogens (tertiary/aromatic N) is 3. The highest BCUT2D eigenvalue weighted by Gasteiger charge is 2.30. The van der Waals surface area contributed by atoms with Crippen LogP contribution in [-0.4, -0.2) is 39.5 Å². The number of hydrogen-bond acceptors (Lipinski definition) is 6. The van der Waals surface area contributed by atoms with Crippen molar-refractivity contribution in [1.82, 2.24) is 14.9 Å². The number of halogens is 1. The largest absolute Gasteiger partial charge is 0.376 e. The molecule has 160 valence electrons. The van der Waals surface area contributed by atoms with Gasteiger partial charge in [0, 0.05) is 11.6 Å². The highest BCUT2D eigenvalue weighted by Crippen LogP contribution is 2.23. The van der Waals surface area contributed by atoms with Crippen LogP contribution in [0.15, 0.2) is 28.2 Å². The summed E-state index contributed by atoms with van der Waals surface area (Å²) < 4.78 is 7.28. The summed E-state index contributed by atoms with van der Waals surface area (Å²) in [5.41, 5.74) is -0.651. The van der Waals surface area contributed by atoms with Crippen LogP contribution in [0.3, 0.4) is 0 Å². The number of ether oxygens (including phenoxy) is 1. The van der Waals surface area contributed by atoms with E-state index in [9.17, 15) is 14.9 Å². The molecule has 1 aromatic carbocycles. The van der Waals surface area contributed by atoms with Gasteiger partial charge in [-0.05, 0) is 43.9 Å². The standard InChI is InChI=1S/C21H25ClN4O3S/c1-13(2)21(3,12-23)25-18(27)11-30-20-24-17-9-14(22)6-7-16(17)19(28)26(20)10-15-5-4-8-29-15/h6-7,9,13,15H,4-5,8,10-11H2,1-3H3,(H,25,27). The number of nitriles is 1. The van der Waals surface area contributed by atoms with Gasteiger partial charge in [0.1, 0.15) is 5.54 Å². The first kappa shape index (κ1) is 22.6. The quantitative estimate of drug-likeness (QED) is 0.515. The van der Waals surface area contributed by atoms with Crippen molar-refractivity contribution < 1.29 is 9.53 Å². The third kappa shape index (κ3) is 4.97. The zero-order valence-electron chi connectivity index (χ0n) is 17.3. The molecule has 0 bridgehead atoms. The first-order valence-electron chi connectivity index (χ1n) is 9.90. The molecule has 1 fully saturated rings. The van der Waals surface area contributed by atoms with Crippen molar-refractivity contribution in [2.24, 2.45) is 5.92 Å². The summed E-state index contributed by atoms with van der Waals surface area (Å²) in [6, 6.07) is 7.14. The molecule has 7 nitrogen and oxygen atoms in total. The number of fused-ring (bicyclic) bond motifs is 1. The molecule has 2 atom stereocenters. The Labute approximate surface area is 184 Å². The molecule has 0 radical (unpaired) electrons. The molecule has 1 N–H and O–H groups in total. The summed E-state index contributed by atoms with van der Waals surface area (Å²) >= 11 is 7.24. The summed E-state index contributed by atoms with van der Waals surface area (Å²) in [6.07, 6.45) is 1.79. The normalized spacial score (nSPS) is 18.3. The number of amides is 1. The molecule has 2 heterocycles.